The molecule has 0 fully saturated rings. The molecule has 0 saturated heterocycles. The number of nitro groups is 1. The van der Waals surface area contributed by atoms with Crippen LogP contribution in [0.1, 0.15) is 11.3 Å². The van der Waals surface area contributed by atoms with E-state index < -0.39 is 20.9 Å². The number of hydrogen-bond acceptors (Lipinski definition) is 6. The Morgan fingerprint density at radius 3 is 2.71 bits per heavy atom. The van der Waals surface area contributed by atoms with E-state index in [1.807, 2.05) is 10.3 Å². The van der Waals surface area contributed by atoms with Crippen molar-refractivity contribution in [2.75, 3.05) is 0 Å². The number of rotatable bonds is 6. The van der Waals surface area contributed by atoms with E-state index >= 15 is 0 Å². The summed E-state index contributed by atoms with van der Waals surface area (Å²) in [5, 5.41) is 10.9. The first-order chi connectivity index (χ1) is 11.3. The van der Waals surface area contributed by atoms with Crippen molar-refractivity contribution in [2.24, 2.45) is 0 Å². The molecule has 0 atom stereocenters. The molecule has 1 aromatic carbocycles. The van der Waals surface area contributed by atoms with Crippen LogP contribution in [0.25, 0.3) is 6.08 Å². The molecule has 2 rings (SSSR count). The third kappa shape index (κ3) is 4.27. The van der Waals surface area contributed by atoms with Gasteiger partial charge in [-0.15, -0.1) is 4.83 Å². The van der Waals surface area contributed by atoms with E-state index in [1.54, 1.807) is 12.1 Å². The second kappa shape index (κ2) is 7.06. The third-order valence-corrected chi connectivity index (χ3v) is 4.18. The van der Waals surface area contributed by atoms with Gasteiger partial charge in [-0.25, -0.2) is 8.42 Å². The highest BCUT2D eigenvalue weighted by molar-refractivity contribution is 7.89. The summed E-state index contributed by atoms with van der Waals surface area (Å²) in [5.74, 6) is -0.321. The van der Waals surface area contributed by atoms with Gasteiger partial charge in [-0.3, -0.25) is 20.3 Å². The number of sulfonamides is 1. The fourth-order valence-electron chi connectivity index (χ4n) is 1.72. The van der Waals surface area contributed by atoms with Crippen LogP contribution in [0, 0.1) is 17.0 Å². The number of nitrogens with zero attached hydrogens (tertiary/aromatic N) is 1. The van der Waals surface area contributed by atoms with Crippen LogP contribution in [0.15, 0.2) is 52.0 Å². The largest absolute Gasteiger partial charge is 0.465 e. The first-order valence-corrected chi connectivity index (χ1v) is 8.06. The molecule has 126 valence electrons. The van der Waals surface area contributed by atoms with Crippen molar-refractivity contribution < 1.29 is 22.6 Å². The molecule has 2 aromatic rings. The second-order valence-electron chi connectivity index (χ2n) is 4.65. The van der Waals surface area contributed by atoms with Crippen LogP contribution in [-0.4, -0.2) is 19.2 Å². The highest BCUT2D eigenvalue weighted by Gasteiger charge is 2.20. The molecule has 1 aromatic heterocycles. The fourth-order valence-corrected chi connectivity index (χ4v) is 2.58. The van der Waals surface area contributed by atoms with Crippen molar-refractivity contribution in [3.8, 4) is 0 Å². The van der Waals surface area contributed by atoms with Gasteiger partial charge in [0, 0.05) is 17.7 Å². The summed E-state index contributed by atoms with van der Waals surface area (Å²) in [6, 6.07) is 6.67. The summed E-state index contributed by atoms with van der Waals surface area (Å²) in [4.78, 5) is 23.3. The Morgan fingerprint density at radius 1 is 1.33 bits per heavy atom. The fraction of sp³-hybridized carbons (Fsp3) is 0.0714. The van der Waals surface area contributed by atoms with Crippen LogP contribution >= 0.6 is 0 Å². The summed E-state index contributed by atoms with van der Waals surface area (Å²) in [5.41, 5.74) is 1.96. The highest BCUT2D eigenvalue weighted by atomic mass is 32.2. The van der Waals surface area contributed by atoms with Crippen LogP contribution in [0.3, 0.4) is 0 Å². The number of benzene rings is 1. The molecule has 1 amide bonds. The molecule has 0 spiro atoms. The van der Waals surface area contributed by atoms with Crippen molar-refractivity contribution in [1.29, 1.82) is 0 Å². The number of hydrogen-bond donors (Lipinski definition) is 2. The Morgan fingerprint density at radius 2 is 2.08 bits per heavy atom. The summed E-state index contributed by atoms with van der Waals surface area (Å²) in [6.45, 7) is 1.49. The van der Waals surface area contributed by atoms with Gasteiger partial charge in [0.05, 0.1) is 16.1 Å². The van der Waals surface area contributed by atoms with E-state index in [2.05, 4.69) is 0 Å². The van der Waals surface area contributed by atoms with Gasteiger partial charge < -0.3 is 4.42 Å². The molecule has 0 unspecified atom stereocenters. The van der Waals surface area contributed by atoms with Gasteiger partial charge in [0.2, 0.25) is 0 Å². The molecule has 0 saturated carbocycles. The van der Waals surface area contributed by atoms with E-state index in [0.29, 0.717) is 11.3 Å². The molecular formula is C14H13N3O6S. The van der Waals surface area contributed by atoms with Crippen LogP contribution < -0.4 is 10.3 Å². The Balaban J connectivity index is 2.07. The predicted octanol–water partition coefficient (Wildman–Crippen LogP) is 1.52. The second-order valence-corrected chi connectivity index (χ2v) is 6.33. The molecule has 10 heteroatoms. The molecular weight excluding hydrogens is 338 g/mol. The maximum absolute atomic E-state index is 12.1. The van der Waals surface area contributed by atoms with Gasteiger partial charge in [-0.2, -0.15) is 0 Å². The van der Waals surface area contributed by atoms with Crippen LogP contribution in [0.4, 0.5) is 5.69 Å². The maximum atomic E-state index is 12.1. The molecule has 2 N–H and O–H groups in total. The summed E-state index contributed by atoms with van der Waals surface area (Å²) in [6.07, 6.45) is 3.84. The molecule has 0 aliphatic carbocycles. The number of nitrogens with one attached hydrogen (secondary N) is 2. The zero-order valence-electron chi connectivity index (χ0n) is 12.4. The lowest BCUT2D eigenvalue weighted by Gasteiger charge is -2.07. The molecule has 9 nitrogen and oxygen atoms in total. The minimum atomic E-state index is -4.14. The Kier molecular flexibility index (Phi) is 5.11. The molecule has 24 heavy (non-hydrogen) atoms. The smallest absolute Gasteiger partial charge is 0.273 e. The van der Waals surface area contributed by atoms with Crippen molar-refractivity contribution in [3.63, 3.8) is 0 Å². The standard InChI is InChI=1S/C14H13N3O6S/c1-10-4-6-12(9-13(10)17(19)20)24(21,22)16-15-14(18)7-5-11-3-2-8-23-11/h2-9,16H,1H3,(H,15,18)/b7-5+. The quantitative estimate of drug-likeness (QED) is 0.461. The molecule has 1 heterocycles. The number of amides is 1. The normalized spacial score (nSPS) is 11.5. The Hall–Kier alpha value is -2.98. The number of furan rings is 1. The van der Waals surface area contributed by atoms with E-state index in [-0.39, 0.29) is 10.6 Å². The number of carbonyl (C=O) groups excluding carboxylic acids is 1. The van der Waals surface area contributed by atoms with E-state index in [1.165, 1.54) is 31.4 Å². The minimum absolute atomic E-state index is 0.323. The summed E-state index contributed by atoms with van der Waals surface area (Å²) < 4.78 is 29.1. The van der Waals surface area contributed by atoms with Gasteiger partial charge in [-0.05, 0) is 31.2 Å². The topological polar surface area (TPSA) is 132 Å². The van der Waals surface area contributed by atoms with Gasteiger partial charge in [-0.1, -0.05) is 6.07 Å². The SMILES string of the molecule is Cc1ccc(S(=O)(=O)NNC(=O)/C=C/c2ccco2)cc1[N+](=O)[O-]. The molecule has 0 aliphatic rings. The first-order valence-electron chi connectivity index (χ1n) is 6.58. The van der Waals surface area contributed by atoms with Crippen molar-refractivity contribution in [3.05, 3.63) is 64.1 Å². The average molecular weight is 351 g/mol. The van der Waals surface area contributed by atoms with Gasteiger partial charge in [0.1, 0.15) is 5.76 Å². The minimum Gasteiger partial charge on any atom is -0.465 e. The van der Waals surface area contributed by atoms with E-state index in [9.17, 15) is 23.3 Å². The van der Waals surface area contributed by atoms with E-state index in [0.717, 1.165) is 12.1 Å². The number of nitro benzene ring substituents is 1. The lowest BCUT2D eigenvalue weighted by Crippen LogP contribution is -2.40. The highest BCUT2D eigenvalue weighted by Crippen LogP contribution is 2.21. The number of carbonyl (C=O) groups is 1. The van der Waals surface area contributed by atoms with Crippen molar-refractivity contribution in [1.82, 2.24) is 10.3 Å². The van der Waals surface area contributed by atoms with Gasteiger partial charge >= 0.3 is 0 Å². The van der Waals surface area contributed by atoms with Crippen LogP contribution in [0.2, 0.25) is 0 Å². The zero-order valence-corrected chi connectivity index (χ0v) is 13.2. The van der Waals surface area contributed by atoms with Crippen molar-refractivity contribution >= 4 is 27.7 Å². The summed E-state index contributed by atoms with van der Waals surface area (Å²) in [7, 11) is -4.14. The first kappa shape index (κ1) is 17.4. The van der Waals surface area contributed by atoms with Gasteiger partial charge in [0.15, 0.2) is 0 Å². The zero-order chi connectivity index (χ0) is 17.7. The lowest BCUT2D eigenvalue weighted by atomic mass is 10.2. The molecule has 0 aliphatic heterocycles. The van der Waals surface area contributed by atoms with Crippen molar-refractivity contribution in [2.45, 2.75) is 11.8 Å². The van der Waals surface area contributed by atoms with Gasteiger partial charge in [0.25, 0.3) is 21.6 Å². The monoisotopic (exact) mass is 351 g/mol. The maximum Gasteiger partial charge on any atom is 0.273 e. The predicted molar refractivity (Wildman–Crippen MR) is 84.0 cm³/mol. The van der Waals surface area contributed by atoms with E-state index in [4.69, 9.17) is 4.42 Å². The van der Waals surface area contributed by atoms with Crippen LogP contribution in [0.5, 0.6) is 0 Å². The lowest BCUT2D eigenvalue weighted by molar-refractivity contribution is -0.385. The molecule has 0 bridgehead atoms. The average Bonchev–Trinajstić information content (AvgIpc) is 3.04. The third-order valence-electron chi connectivity index (χ3n) is 2.94. The number of hydrazine groups is 1. The summed E-state index contributed by atoms with van der Waals surface area (Å²) >= 11 is 0. The van der Waals surface area contributed by atoms with Crippen LogP contribution in [-0.2, 0) is 14.8 Å². The Bertz CT molecular complexity index is 887. The molecule has 0 radical (unpaired) electrons. The number of aryl methyl sites for hydroxylation is 1. The Labute approximate surface area is 137 Å².